The van der Waals surface area contributed by atoms with Crippen LogP contribution in [0.5, 0.6) is 0 Å². The summed E-state index contributed by atoms with van der Waals surface area (Å²) in [6.07, 6.45) is 4.88. The van der Waals surface area contributed by atoms with Crippen molar-refractivity contribution in [2.45, 2.75) is 52.0 Å². The number of hydrogen-bond donors (Lipinski definition) is 2. The first-order chi connectivity index (χ1) is 9.52. The zero-order valence-corrected chi connectivity index (χ0v) is 12.6. The molecule has 0 heterocycles. The van der Waals surface area contributed by atoms with Crippen molar-refractivity contribution in [3.8, 4) is 0 Å². The normalized spacial score (nSPS) is 26.2. The largest absolute Gasteiger partial charge is 0.399 e. The zero-order valence-electron chi connectivity index (χ0n) is 12.6. The molecule has 1 aromatic carbocycles. The molecule has 1 aromatic rings. The minimum Gasteiger partial charge on any atom is -0.399 e. The van der Waals surface area contributed by atoms with E-state index in [9.17, 15) is 4.79 Å². The maximum atomic E-state index is 12.0. The van der Waals surface area contributed by atoms with Crippen LogP contribution in [-0.2, 0) is 11.2 Å². The molecule has 1 amide bonds. The second-order valence-corrected chi connectivity index (χ2v) is 6.42. The fraction of sp³-hybridized carbons (Fsp3) is 0.588. The highest BCUT2D eigenvalue weighted by molar-refractivity contribution is 5.76. The molecule has 0 aromatic heterocycles. The van der Waals surface area contributed by atoms with Crippen molar-refractivity contribution in [2.24, 2.45) is 11.8 Å². The first-order valence-electron chi connectivity index (χ1n) is 7.66. The van der Waals surface area contributed by atoms with Gasteiger partial charge in [-0.1, -0.05) is 26.0 Å². The van der Waals surface area contributed by atoms with Crippen LogP contribution in [0.25, 0.3) is 0 Å². The summed E-state index contributed by atoms with van der Waals surface area (Å²) >= 11 is 0. The van der Waals surface area contributed by atoms with Gasteiger partial charge in [0.25, 0.3) is 0 Å². The lowest BCUT2D eigenvalue weighted by Gasteiger charge is -2.32. The van der Waals surface area contributed by atoms with Crippen molar-refractivity contribution < 1.29 is 4.79 Å². The fourth-order valence-electron chi connectivity index (χ4n) is 3.31. The van der Waals surface area contributed by atoms with Gasteiger partial charge >= 0.3 is 0 Å². The van der Waals surface area contributed by atoms with Crippen LogP contribution in [0.3, 0.4) is 0 Å². The van der Waals surface area contributed by atoms with Crippen molar-refractivity contribution in [1.29, 1.82) is 0 Å². The Morgan fingerprint density at radius 2 is 1.75 bits per heavy atom. The lowest BCUT2D eigenvalue weighted by molar-refractivity contribution is -0.122. The summed E-state index contributed by atoms with van der Waals surface area (Å²) in [5.74, 6) is 1.62. The highest BCUT2D eigenvalue weighted by Gasteiger charge is 2.24. The van der Waals surface area contributed by atoms with Crippen LogP contribution in [0.2, 0.25) is 0 Å². The van der Waals surface area contributed by atoms with Gasteiger partial charge in [-0.15, -0.1) is 0 Å². The summed E-state index contributed by atoms with van der Waals surface area (Å²) in [7, 11) is 0. The summed E-state index contributed by atoms with van der Waals surface area (Å²) in [6.45, 7) is 4.56. The molecular formula is C17H26N2O. The van der Waals surface area contributed by atoms with Crippen LogP contribution in [-0.4, -0.2) is 11.9 Å². The number of carbonyl (C=O) groups is 1. The number of hydrogen-bond acceptors (Lipinski definition) is 2. The minimum atomic E-state index is 0.174. The number of nitrogens with two attached hydrogens (primary N) is 1. The molecule has 20 heavy (non-hydrogen) atoms. The van der Waals surface area contributed by atoms with Gasteiger partial charge in [0.15, 0.2) is 0 Å². The minimum absolute atomic E-state index is 0.174. The van der Waals surface area contributed by atoms with Gasteiger partial charge in [-0.25, -0.2) is 0 Å². The molecule has 0 aliphatic heterocycles. The molecule has 0 spiro atoms. The maximum Gasteiger partial charge on any atom is 0.220 e. The first kappa shape index (κ1) is 14.9. The van der Waals surface area contributed by atoms with Crippen molar-refractivity contribution >= 4 is 11.6 Å². The van der Waals surface area contributed by atoms with Gasteiger partial charge in [-0.05, 0) is 55.2 Å². The summed E-state index contributed by atoms with van der Waals surface area (Å²) in [5, 5.41) is 3.20. The van der Waals surface area contributed by atoms with E-state index in [-0.39, 0.29) is 5.91 Å². The lowest BCUT2D eigenvalue weighted by atomic mass is 9.80. The second kappa shape index (κ2) is 6.78. The molecule has 3 heteroatoms. The molecule has 0 bridgehead atoms. The SMILES string of the molecule is CC1CC(C)CC(NC(=O)CCc2ccc(N)cc2)C1. The van der Waals surface area contributed by atoms with Gasteiger partial charge in [-0.3, -0.25) is 4.79 Å². The Balaban J connectivity index is 1.76. The Morgan fingerprint density at radius 3 is 2.35 bits per heavy atom. The van der Waals surface area contributed by atoms with Crippen molar-refractivity contribution in [1.82, 2.24) is 5.32 Å². The summed E-state index contributed by atoms with van der Waals surface area (Å²) in [5.41, 5.74) is 7.59. The van der Waals surface area contributed by atoms with Crippen LogP contribution >= 0.6 is 0 Å². The van der Waals surface area contributed by atoms with Gasteiger partial charge in [-0.2, -0.15) is 0 Å². The molecular weight excluding hydrogens is 248 g/mol. The average molecular weight is 274 g/mol. The molecule has 3 nitrogen and oxygen atoms in total. The third kappa shape index (κ3) is 4.55. The number of nitrogen functional groups attached to an aromatic ring is 1. The van der Waals surface area contributed by atoms with Crippen molar-refractivity contribution in [3.05, 3.63) is 29.8 Å². The molecule has 1 aliphatic carbocycles. The molecule has 2 atom stereocenters. The van der Waals surface area contributed by atoms with Gasteiger partial charge in [0.2, 0.25) is 5.91 Å². The van der Waals surface area contributed by atoms with E-state index in [0.717, 1.165) is 36.8 Å². The lowest BCUT2D eigenvalue weighted by Crippen LogP contribution is -2.40. The van der Waals surface area contributed by atoms with Gasteiger partial charge in [0.05, 0.1) is 0 Å². The molecule has 0 saturated heterocycles. The van der Waals surface area contributed by atoms with E-state index in [2.05, 4.69) is 19.2 Å². The van der Waals surface area contributed by atoms with Crippen LogP contribution in [0.1, 0.15) is 45.1 Å². The summed E-state index contributed by atoms with van der Waals surface area (Å²) in [6, 6.07) is 8.13. The quantitative estimate of drug-likeness (QED) is 0.829. The number of carbonyl (C=O) groups excluding carboxylic acids is 1. The number of aryl methyl sites for hydroxylation is 1. The van der Waals surface area contributed by atoms with Gasteiger partial charge in [0.1, 0.15) is 0 Å². The molecule has 2 unspecified atom stereocenters. The van der Waals surface area contributed by atoms with Crippen molar-refractivity contribution in [3.63, 3.8) is 0 Å². The summed E-state index contributed by atoms with van der Waals surface area (Å²) in [4.78, 5) is 12.0. The van der Waals surface area contributed by atoms with Crippen LogP contribution < -0.4 is 11.1 Å². The van der Waals surface area contributed by atoms with E-state index >= 15 is 0 Å². The highest BCUT2D eigenvalue weighted by atomic mass is 16.1. The number of benzene rings is 1. The van der Waals surface area contributed by atoms with E-state index in [1.54, 1.807) is 0 Å². The monoisotopic (exact) mass is 274 g/mol. The molecule has 1 saturated carbocycles. The highest BCUT2D eigenvalue weighted by Crippen LogP contribution is 2.28. The van der Waals surface area contributed by atoms with E-state index in [1.165, 1.54) is 12.0 Å². The van der Waals surface area contributed by atoms with E-state index < -0.39 is 0 Å². The first-order valence-corrected chi connectivity index (χ1v) is 7.66. The fourth-order valence-corrected chi connectivity index (χ4v) is 3.31. The van der Waals surface area contributed by atoms with E-state index in [1.807, 2.05) is 24.3 Å². The average Bonchev–Trinajstić information content (AvgIpc) is 2.37. The molecule has 0 radical (unpaired) electrons. The second-order valence-electron chi connectivity index (χ2n) is 6.42. The van der Waals surface area contributed by atoms with Crippen LogP contribution in [0, 0.1) is 11.8 Å². The smallest absolute Gasteiger partial charge is 0.220 e. The Morgan fingerprint density at radius 1 is 1.15 bits per heavy atom. The maximum absolute atomic E-state index is 12.0. The van der Waals surface area contributed by atoms with Gasteiger partial charge in [0, 0.05) is 18.2 Å². The molecule has 2 rings (SSSR count). The third-order valence-electron chi connectivity index (χ3n) is 4.16. The Bertz CT molecular complexity index is 431. The molecule has 110 valence electrons. The van der Waals surface area contributed by atoms with E-state index in [0.29, 0.717) is 12.5 Å². The van der Waals surface area contributed by atoms with Crippen LogP contribution in [0.4, 0.5) is 5.69 Å². The zero-order chi connectivity index (χ0) is 14.5. The number of nitrogens with one attached hydrogen (secondary N) is 1. The Hall–Kier alpha value is -1.51. The number of rotatable bonds is 4. The Labute approximate surface area is 121 Å². The Kier molecular flexibility index (Phi) is 5.05. The summed E-state index contributed by atoms with van der Waals surface area (Å²) < 4.78 is 0. The predicted octanol–water partition coefficient (Wildman–Crippen LogP) is 3.14. The molecule has 1 aliphatic rings. The predicted molar refractivity (Wildman–Crippen MR) is 83.3 cm³/mol. The number of amides is 1. The third-order valence-corrected chi connectivity index (χ3v) is 4.16. The van der Waals surface area contributed by atoms with Crippen LogP contribution in [0.15, 0.2) is 24.3 Å². The molecule has 3 N–H and O–H groups in total. The topological polar surface area (TPSA) is 55.1 Å². The number of anilines is 1. The van der Waals surface area contributed by atoms with E-state index in [4.69, 9.17) is 5.73 Å². The van der Waals surface area contributed by atoms with Crippen molar-refractivity contribution in [2.75, 3.05) is 5.73 Å². The van der Waals surface area contributed by atoms with Gasteiger partial charge < -0.3 is 11.1 Å². The molecule has 1 fully saturated rings. The standard InChI is InChI=1S/C17H26N2O/c1-12-9-13(2)11-16(10-12)19-17(20)8-5-14-3-6-15(18)7-4-14/h3-4,6-7,12-13,16H,5,8-11,18H2,1-2H3,(H,19,20).